The number of hydrogen-bond donors (Lipinski definition) is 2. The summed E-state index contributed by atoms with van der Waals surface area (Å²) in [7, 11) is 1.69. The Hall–Kier alpha value is -0.990. The summed E-state index contributed by atoms with van der Waals surface area (Å²) in [6, 6.07) is 0. The Balaban J connectivity index is 3.26. The summed E-state index contributed by atoms with van der Waals surface area (Å²) in [6.45, 7) is 3.38. The van der Waals surface area contributed by atoms with Gasteiger partial charge in [-0.15, -0.1) is 0 Å². The highest BCUT2D eigenvalue weighted by Gasteiger charge is 1.68. The van der Waals surface area contributed by atoms with Crippen LogP contribution in [-0.2, 0) is 0 Å². The van der Waals surface area contributed by atoms with Gasteiger partial charge in [0, 0.05) is 12.7 Å². The number of nitrogens with one attached hydrogen (secondary N) is 1. The third kappa shape index (κ3) is 5.01. The van der Waals surface area contributed by atoms with Gasteiger partial charge in [-0.1, -0.05) is 6.58 Å². The van der Waals surface area contributed by atoms with Crippen LogP contribution in [0, 0.1) is 0 Å². The van der Waals surface area contributed by atoms with E-state index in [0.717, 1.165) is 0 Å². The fourth-order valence-electron chi connectivity index (χ4n) is 0.147. The minimum Gasteiger partial charge on any atom is -0.398 e. The molecule has 0 aromatic carbocycles. The van der Waals surface area contributed by atoms with Gasteiger partial charge >= 0.3 is 0 Å². The molecule has 0 rings (SSSR count). The number of nitrogens with two attached hydrogens (primary N) is 1. The number of hydrazone groups is 1. The predicted octanol–water partition coefficient (Wildman–Crippen LogP) is -0.336. The lowest BCUT2D eigenvalue weighted by Gasteiger charge is -1.83. The van der Waals surface area contributed by atoms with Gasteiger partial charge in [0.1, 0.15) is 0 Å². The molecule has 0 aromatic heterocycles. The Morgan fingerprint density at radius 3 is 2.71 bits per heavy atom. The zero-order chi connectivity index (χ0) is 5.70. The molecule has 0 fully saturated rings. The van der Waals surface area contributed by atoms with Gasteiger partial charge < -0.3 is 11.2 Å². The Labute approximate surface area is 42.9 Å². The van der Waals surface area contributed by atoms with Crippen LogP contribution in [0.1, 0.15) is 0 Å². The molecular weight excluding hydrogens is 90.1 g/mol. The molecule has 0 heterocycles. The van der Waals surface area contributed by atoms with Gasteiger partial charge in [0.2, 0.25) is 0 Å². The molecule has 0 aliphatic heterocycles. The average molecular weight is 99.1 g/mol. The summed E-state index contributed by atoms with van der Waals surface area (Å²) in [4.78, 5) is 0. The second kappa shape index (κ2) is 3.21. The van der Waals surface area contributed by atoms with Crippen molar-refractivity contribution in [2.45, 2.75) is 0 Å². The quantitative estimate of drug-likeness (QED) is 0.367. The van der Waals surface area contributed by atoms with E-state index in [1.807, 2.05) is 0 Å². The van der Waals surface area contributed by atoms with Crippen LogP contribution in [0.2, 0.25) is 0 Å². The van der Waals surface area contributed by atoms with E-state index in [2.05, 4.69) is 17.1 Å². The maximum Gasteiger partial charge on any atom is 0.0691 e. The van der Waals surface area contributed by atoms with E-state index < -0.39 is 0 Å². The molecular formula is C4H9N3. The highest BCUT2D eigenvalue weighted by molar-refractivity contribution is 5.75. The van der Waals surface area contributed by atoms with Crippen molar-refractivity contribution in [3.63, 3.8) is 0 Å². The van der Waals surface area contributed by atoms with E-state index in [9.17, 15) is 0 Å². The smallest absolute Gasteiger partial charge is 0.0691 e. The summed E-state index contributed by atoms with van der Waals surface area (Å²) in [6.07, 6.45) is 1.44. The fraction of sp³-hybridized carbons (Fsp3) is 0.250. The number of hydrogen-bond acceptors (Lipinski definition) is 3. The molecule has 0 saturated heterocycles. The van der Waals surface area contributed by atoms with Crippen molar-refractivity contribution in [3.05, 3.63) is 12.3 Å². The third-order valence-electron chi connectivity index (χ3n) is 0.359. The largest absolute Gasteiger partial charge is 0.398 e. The summed E-state index contributed by atoms with van der Waals surface area (Å²) < 4.78 is 0. The van der Waals surface area contributed by atoms with E-state index >= 15 is 0 Å². The first-order chi connectivity index (χ1) is 3.27. The highest BCUT2D eigenvalue weighted by atomic mass is 15.3. The number of rotatable bonds is 2. The Bertz CT molecular complexity index is 84.9. The average Bonchev–Trinajstić information content (AvgIpc) is 1.61. The standard InChI is InChI=1S/C4H9N3/c1-4(5)3-7-6-2/h3,6H,1,5H2,2H3/b7-3-. The number of nitrogens with zero attached hydrogens (tertiary/aromatic N) is 1. The van der Waals surface area contributed by atoms with E-state index in [-0.39, 0.29) is 0 Å². The molecule has 0 aliphatic carbocycles. The molecule has 0 aliphatic rings. The van der Waals surface area contributed by atoms with E-state index in [4.69, 9.17) is 5.73 Å². The van der Waals surface area contributed by atoms with Crippen LogP contribution < -0.4 is 11.2 Å². The lowest BCUT2D eigenvalue weighted by molar-refractivity contribution is 0.907. The SMILES string of the molecule is C=C(N)/C=N\NC. The first-order valence-electron chi connectivity index (χ1n) is 1.91. The monoisotopic (exact) mass is 99.1 g/mol. The first kappa shape index (κ1) is 6.01. The normalized spacial score (nSPS) is 9.29. The molecule has 3 heteroatoms. The van der Waals surface area contributed by atoms with Crippen molar-refractivity contribution in [3.8, 4) is 0 Å². The molecule has 3 N–H and O–H groups in total. The Morgan fingerprint density at radius 2 is 2.57 bits per heavy atom. The molecule has 0 amide bonds. The predicted molar refractivity (Wildman–Crippen MR) is 30.9 cm³/mol. The van der Waals surface area contributed by atoms with Gasteiger partial charge in [-0.2, -0.15) is 5.10 Å². The van der Waals surface area contributed by atoms with Crippen molar-refractivity contribution in [2.24, 2.45) is 10.8 Å². The van der Waals surface area contributed by atoms with Gasteiger partial charge in [0.25, 0.3) is 0 Å². The van der Waals surface area contributed by atoms with Crippen LogP contribution >= 0.6 is 0 Å². The van der Waals surface area contributed by atoms with Crippen LogP contribution in [0.15, 0.2) is 17.4 Å². The van der Waals surface area contributed by atoms with Crippen molar-refractivity contribution in [2.75, 3.05) is 7.05 Å². The van der Waals surface area contributed by atoms with Crippen LogP contribution in [0.4, 0.5) is 0 Å². The second-order valence-electron chi connectivity index (χ2n) is 1.06. The molecule has 0 spiro atoms. The maximum atomic E-state index is 5.09. The topological polar surface area (TPSA) is 50.4 Å². The van der Waals surface area contributed by atoms with Gasteiger partial charge in [-0.05, 0) is 0 Å². The molecule has 0 bridgehead atoms. The van der Waals surface area contributed by atoms with Gasteiger partial charge in [-0.3, -0.25) is 0 Å². The fourth-order valence-corrected chi connectivity index (χ4v) is 0.147. The van der Waals surface area contributed by atoms with Crippen molar-refractivity contribution >= 4 is 6.21 Å². The molecule has 7 heavy (non-hydrogen) atoms. The summed E-state index contributed by atoms with van der Waals surface area (Å²) in [5.74, 6) is 0. The lowest BCUT2D eigenvalue weighted by atomic mass is 10.6. The number of allylic oxidation sites excluding steroid dienone is 1. The minimum atomic E-state index is 0.453. The van der Waals surface area contributed by atoms with E-state index in [0.29, 0.717) is 5.70 Å². The zero-order valence-corrected chi connectivity index (χ0v) is 4.31. The van der Waals surface area contributed by atoms with Crippen molar-refractivity contribution < 1.29 is 0 Å². The summed E-state index contributed by atoms with van der Waals surface area (Å²) >= 11 is 0. The molecule has 0 atom stereocenters. The van der Waals surface area contributed by atoms with Crippen molar-refractivity contribution in [1.82, 2.24) is 5.43 Å². The highest BCUT2D eigenvalue weighted by Crippen LogP contribution is 1.63. The second-order valence-corrected chi connectivity index (χ2v) is 1.06. The first-order valence-corrected chi connectivity index (χ1v) is 1.91. The van der Waals surface area contributed by atoms with Crippen molar-refractivity contribution in [1.29, 1.82) is 0 Å². The van der Waals surface area contributed by atoms with Gasteiger partial charge in [0.15, 0.2) is 0 Å². The van der Waals surface area contributed by atoms with Crippen LogP contribution in [0.3, 0.4) is 0 Å². The van der Waals surface area contributed by atoms with Crippen LogP contribution in [-0.4, -0.2) is 13.3 Å². The molecule has 3 nitrogen and oxygen atoms in total. The molecule has 0 saturated carbocycles. The Morgan fingerprint density at radius 1 is 2.00 bits per heavy atom. The molecule has 0 radical (unpaired) electrons. The van der Waals surface area contributed by atoms with Gasteiger partial charge in [0.05, 0.1) is 6.21 Å². The Kier molecular flexibility index (Phi) is 2.76. The summed E-state index contributed by atoms with van der Waals surface area (Å²) in [5.41, 5.74) is 8.08. The van der Waals surface area contributed by atoms with E-state index in [1.54, 1.807) is 7.05 Å². The molecule has 0 aromatic rings. The summed E-state index contributed by atoms with van der Waals surface area (Å²) in [5, 5.41) is 3.57. The van der Waals surface area contributed by atoms with Crippen LogP contribution in [0.25, 0.3) is 0 Å². The third-order valence-corrected chi connectivity index (χ3v) is 0.359. The van der Waals surface area contributed by atoms with E-state index in [1.165, 1.54) is 6.21 Å². The minimum absolute atomic E-state index is 0.453. The van der Waals surface area contributed by atoms with Crippen LogP contribution in [0.5, 0.6) is 0 Å². The van der Waals surface area contributed by atoms with Gasteiger partial charge in [-0.25, -0.2) is 0 Å². The molecule has 40 valence electrons. The zero-order valence-electron chi connectivity index (χ0n) is 4.31. The maximum absolute atomic E-state index is 5.09. The molecule has 0 unspecified atom stereocenters. The lowest BCUT2D eigenvalue weighted by Crippen LogP contribution is -2.00.